The van der Waals surface area contributed by atoms with E-state index in [-0.39, 0.29) is 5.97 Å². The number of carbonyl (C=O) groups is 1. The summed E-state index contributed by atoms with van der Waals surface area (Å²) < 4.78 is 4.97. The minimum Gasteiger partial charge on any atom is -0.450 e. The van der Waals surface area contributed by atoms with E-state index >= 15 is 0 Å². The van der Waals surface area contributed by atoms with Crippen molar-refractivity contribution in [3.8, 4) is 0 Å². The number of carbonyl (C=O) groups excluding carboxylic acids is 1. The lowest BCUT2D eigenvalue weighted by Gasteiger charge is -2.01. The zero-order valence-electron chi connectivity index (χ0n) is 7.23. The van der Waals surface area contributed by atoms with E-state index in [1.54, 1.807) is 22.9 Å². The lowest BCUT2D eigenvalue weighted by Crippen LogP contribution is -2.03. The van der Waals surface area contributed by atoms with Gasteiger partial charge in [0, 0.05) is 0 Å². The van der Waals surface area contributed by atoms with Gasteiger partial charge in [-0.25, -0.2) is 4.79 Å². The maximum atomic E-state index is 11.3. The van der Waals surface area contributed by atoms with Crippen LogP contribution >= 0.6 is 21.6 Å². The number of hydrogen-bond donors (Lipinski definition) is 0. The first-order valence-corrected chi connectivity index (χ1v) is 6.45. The van der Waals surface area contributed by atoms with Gasteiger partial charge in [0.25, 0.3) is 0 Å². The Kier molecular flexibility index (Phi) is 4.78. The topological polar surface area (TPSA) is 26.3 Å². The Bertz CT molecular complexity index is 262. The van der Waals surface area contributed by atoms with Crippen molar-refractivity contribution < 1.29 is 9.53 Å². The highest BCUT2D eigenvalue weighted by atomic mass is 33.1. The zero-order chi connectivity index (χ0) is 9.52. The minimum atomic E-state index is -0.262. The molecule has 0 aliphatic rings. The maximum Gasteiger partial charge on any atom is 0.338 e. The fraction of sp³-hybridized carbons (Fsp3) is 0.222. The quantitative estimate of drug-likeness (QED) is 0.333. The Hall–Kier alpha value is -0.610. The van der Waals surface area contributed by atoms with Gasteiger partial charge in [0.1, 0.15) is 5.94 Å². The van der Waals surface area contributed by atoms with Crippen molar-refractivity contribution in [2.75, 3.05) is 12.2 Å². The molecule has 0 spiro atoms. The summed E-state index contributed by atoms with van der Waals surface area (Å²) in [6.07, 6.45) is 1.95. The molecule has 2 nitrogen and oxygen atoms in total. The molecule has 0 aliphatic carbocycles. The normalized spacial score (nSPS) is 9.62. The summed E-state index contributed by atoms with van der Waals surface area (Å²) in [5.41, 5.74) is 0.601. The molecule has 70 valence electrons. The van der Waals surface area contributed by atoms with Gasteiger partial charge in [0.15, 0.2) is 0 Å². The fourth-order valence-electron chi connectivity index (χ4n) is 0.783. The van der Waals surface area contributed by atoms with E-state index in [1.807, 2.05) is 24.5 Å². The average Bonchev–Trinajstić information content (AvgIpc) is 2.19. The van der Waals surface area contributed by atoms with Gasteiger partial charge in [0.05, 0.1) is 5.56 Å². The molecule has 1 rings (SSSR count). The molecule has 0 bridgehead atoms. The molecule has 0 unspecified atom stereocenters. The second-order valence-corrected chi connectivity index (χ2v) is 4.71. The van der Waals surface area contributed by atoms with Gasteiger partial charge >= 0.3 is 5.97 Å². The van der Waals surface area contributed by atoms with Crippen LogP contribution in [-0.2, 0) is 4.74 Å². The highest BCUT2D eigenvalue weighted by Crippen LogP contribution is 2.17. The molecule has 1 aromatic rings. The molecular formula is C9H10O2S2. The van der Waals surface area contributed by atoms with Crippen LogP contribution in [0.3, 0.4) is 0 Å². The van der Waals surface area contributed by atoms with Crippen molar-refractivity contribution in [2.24, 2.45) is 0 Å². The molecule has 0 aliphatic heterocycles. The van der Waals surface area contributed by atoms with Crippen LogP contribution in [-0.4, -0.2) is 18.2 Å². The molecule has 0 saturated heterocycles. The zero-order valence-corrected chi connectivity index (χ0v) is 8.86. The van der Waals surface area contributed by atoms with Gasteiger partial charge in [-0.3, -0.25) is 0 Å². The Morgan fingerprint density at radius 3 is 2.69 bits per heavy atom. The summed E-state index contributed by atoms with van der Waals surface area (Å²) in [6, 6.07) is 8.99. The number of ether oxygens (including phenoxy) is 1. The van der Waals surface area contributed by atoms with Crippen LogP contribution < -0.4 is 0 Å². The first-order valence-electron chi connectivity index (χ1n) is 3.72. The third-order valence-electron chi connectivity index (χ3n) is 1.37. The standard InChI is InChI=1S/C9H10O2S2/c1-12-13-7-11-9(10)8-5-3-2-4-6-8/h2-6H,7H2,1H3. The van der Waals surface area contributed by atoms with E-state index in [4.69, 9.17) is 4.74 Å². The monoisotopic (exact) mass is 214 g/mol. The van der Waals surface area contributed by atoms with E-state index in [1.165, 1.54) is 10.8 Å². The second-order valence-electron chi connectivity index (χ2n) is 2.20. The third kappa shape index (κ3) is 3.74. The van der Waals surface area contributed by atoms with Crippen LogP contribution in [0.5, 0.6) is 0 Å². The smallest absolute Gasteiger partial charge is 0.338 e. The molecule has 13 heavy (non-hydrogen) atoms. The van der Waals surface area contributed by atoms with Gasteiger partial charge in [-0.1, -0.05) is 39.8 Å². The van der Waals surface area contributed by atoms with Crippen molar-refractivity contribution in [3.05, 3.63) is 35.9 Å². The van der Waals surface area contributed by atoms with Crippen LogP contribution in [0.15, 0.2) is 30.3 Å². The Balaban J connectivity index is 2.40. The van der Waals surface area contributed by atoms with Crippen LogP contribution in [0, 0.1) is 0 Å². The lowest BCUT2D eigenvalue weighted by molar-refractivity contribution is 0.0580. The van der Waals surface area contributed by atoms with Crippen molar-refractivity contribution in [3.63, 3.8) is 0 Å². The van der Waals surface area contributed by atoms with E-state index < -0.39 is 0 Å². The lowest BCUT2D eigenvalue weighted by atomic mass is 10.2. The minimum absolute atomic E-state index is 0.262. The first-order chi connectivity index (χ1) is 6.34. The molecule has 1 aromatic carbocycles. The third-order valence-corrected chi connectivity index (χ3v) is 2.81. The second kappa shape index (κ2) is 5.94. The predicted molar refractivity (Wildman–Crippen MR) is 57.8 cm³/mol. The van der Waals surface area contributed by atoms with Crippen molar-refractivity contribution >= 4 is 27.6 Å². The summed E-state index contributed by atoms with van der Waals surface area (Å²) in [4.78, 5) is 11.3. The van der Waals surface area contributed by atoms with Gasteiger partial charge in [-0.05, 0) is 18.4 Å². The highest BCUT2D eigenvalue weighted by molar-refractivity contribution is 8.76. The van der Waals surface area contributed by atoms with Crippen LogP contribution in [0.2, 0.25) is 0 Å². The van der Waals surface area contributed by atoms with E-state index in [2.05, 4.69) is 0 Å². The van der Waals surface area contributed by atoms with E-state index in [0.717, 1.165) is 0 Å². The molecule has 0 heterocycles. The van der Waals surface area contributed by atoms with Crippen LogP contribution in [0.4, 0.5) is 0 Å². The van der Waals surface area contributed by atoms with E-state index in [9.17, 15) is 4.79 Å². The van der Waals surface area contributed by atoms with Gasteiger partial charge < -0.3 is 4.74 Å². The van der Waals surface area contributed by atoms with Gasteiger partial charge in [-0.2, -0.15) is 0 Å². The Morgan fingerprint density at radius 1 is 1.38 bits per heavy atom. The summed E-state index contributed by atoms with van der Waals surface area (Å²) in [5, 5.41) is 0. The SMILES string of the molecule is CSSCOC(=O)c1ccccc1. The summed E-state index contributed by atoms with van der Waals surface area (Å²) in [6.45, 7) is 0. The molecule has 0 fully saturated rings. The highest BCUT2D eigenvalue weighted by Gasteiger charge is 2.04. The molecule has 0 N–H and O–H groups in total. The van der Waals surface area contributed by atoms with Crippen LogP contribution in [0.25, 0.3) is 0 Å². The van der Waals surface area contributed by atoms with Gasteiger partial charge in [-0.15, -0.1) is 0 Å². The Morgan fingerprint density at radius 2 is 2.08 bits per heavy atom. The maximum absolute atomic E-state index is 11.3. The summed E-state index contributed by atoms with van der Waals surface area (Å²) in [7, 11) is 3.08. The van der Waals surface area contributed by atoms with Crippen molar-refractivity contribution in [2.45, 2.75) is 0 Å². The summed E-state index contributed by atoms with van der Waals surface area (Å²) >= 11 is 0. The van der Waals surface area contributed by atoms with Crippen LogP contribution in [0.1, 0.15) is 10.4 Å². The molecule has 0 aromatic heterocycles. The average molecular weight is 214 g/mol. The first kappa shape index (κ1) is 10.5. The molecule has 0 amide bonds. The van der Waals surface area contributed by atoms with Crippen molar-refractivity contribution in [1.82, 2.24) is 0 Å². The van der Waals surface area contributed by atoms with E-state index in [0.29, 0.717) is 11.5 Å². The number of benzene rings is 1. The van der Waals surface area contributed by atoms with Crippen molar-refractivity contribution in [1.29, 1.82) is 0 Å². The summed E-state index contributed by atoms with van der Waals surface area (Å²) in [5.74, 6) is 0.136. The molecular weight excluding hydrogens is 204 g/mol. The van der Waals surface area contributed by atoms with Gasteiger partial charge in [0.2, 0.25) is 0 Å². The largest absolute Gasteiger partial charge is 0.450 e. The Labute approximate surface area is 85.4 Å². The number of hydrogen-bond acceptors (Lipinski definition) is 4. The number of esters is 1. The molecule has 0 radical (unpaired) electrons. The number of rotatable bonds is 4. The molecule has 4 heteroatoms. The fourth-order valence-corrected chi connectivity index (χ4v) is 1.47. The predicted octanol–water partition coefficient (Wildman–Crippen LogP) is 2.81. The molecule has 0 saturated carbocycles. The molecule has 0 atom stereocenters.